The molecule has 42 N–H and O–H groups in total. The lowest BCUT2D eigenvalue weighted by atomic mass is 9.77. The Morgan fingerprint density at radius 2 is 0.703 bits per heavy atom. The van der Waals surface area contributed by atoms with E-state index in [0.717, 1.165) is 24.8 Å². The number of nitrogens with two attached hydrogens (primary N) is 9. The van der Waals surface area contributed by atoms with Crippen molar-refractivity contribution in [1.82, 2.24) is 16.0 Å². The molecule has 10 rings (SSSR count). The number of unbranched alkanes of at least 4 members (excludes halogenated alkanes) is 1. The number of rotatable bonds is 27. The van der Waals surface area contributed by atoms with Gasteiger partial charge in [-0.3, -0.25) is 0 Å². The summed E-state index contributed by atoms with van der Waals surface area (Å²) in [4.78, 5) is 0. The first-order valence-electron chi connectivity index (χ1n) is 41.3. The van der Waals surface area contributed by atoms with E-state index in [2.05, 4.69) is 16.0 Å². The molecule has 9 fully saturated rings. The zero-order valence-corrected chi connectivity index (χ0v) is 68.3. The van der Waals surface area contributed by atoms with Crippen LogP contribution < -0.4 is 67.6 Å². The Balaban J connectivity index is 0.000000219. The van der Waals surface area contributed by atoms with Crippen LogP contribution in [0.1, 0.15) is 112 Å². The van der Waals surface area contributed by atoms with E-state index in [1.54, 1.807) is 0 Å². The molecule has 5 heterocycles. The summed E-state index contributed by atoms with van der Waals surface area (Å²) >= 11 is 0. The fraction of sp³-hybridized carbons (Fsp3) is 0.920. The first kappa shape index (κ1) is 103. The van der Waals surface area contributed by atoms with Crippen LogP contribution >= 0.6 is 0 Å². The third-order valence-corrected chi connectivity index (χ3v) is 23.7. The van der Waals surface area contributed by atoms with Crippen LogP contribution in [0.5, 0.6) is 0 Å². The van der Waals surface area contributed by atoms with Crippen molar-refractivity contribution in [2.24, 2.45) is 63.4 Å². The molecule has 9 aliphatic rings. The number of hydrogen-bond donors (Lipinski definition) is 33. The molecule has 4 saturated carbocycles. The molecule has 1 aromatic carbocycles. The van der Waals surface area contributed by atoms with Gasteiger partial charge >= 0.3 is 0 Å². The second-order valence-corrected chi connectivity index (χ2v) is 33.7. The van der Waals surface area contributed by atoms with E-state index >= 15 is 0 Å². The minimum absolute atomic E-state index is 0.0460. The van der Waals surface area contributed by atoms with Crippen LogP contribution in [0.25, 0.3) is 0 Å². The minimum atomic E-state index is -1.45. The normalized spacial score (nSPS) is 47.2. The van der Waals surface area contributed by atoms with E-state index in [0.29, 0.717) is 57.7 Å². The Bertz CT molecular complexity index is 3000. The smallest absolute Gasteiger partial charge is 0.187 e. The standard InChI is InChI=1S/C22H43N3O10.C20H33N3O7.C17H35N3O7.C16H33N3O7/c1-3-4-5-9-6-10(24)19(34-21-12(25)15(29)16(30)18(33-21)8(2)26)20(13(9)27)35-22-17(31)14(28)11(7-23)32-22;1-9(24)18-17(28)15(26)13(22)20(29-18)30-19-11(21)7-12(14(25)16(19)27)23-8-10-5-3-2-4-6-10;1-6(2)5-20-9-4-8(18)16(13(24)11(9)22)27-17-10(19)12(23)14(25)15(26-17)7(3)21;1-3-4-19-8-5-7(17)15(12(23)10(8)21)26-16-9(18)11(22)13(24)14(25-16)6(2)20/h8-22,26-31H,3-7,23-25H2,1-2H3;2-6,9,11-20,23-28H,7-8,21-22H2,1H3;6-17,20-25H,4-5,18-19H2,1-3H3;6-16,19-24H,3-5,17-18H2,1-2H3/t8-,9-,10?,11-,12?,13?,14+,15-,16+,17?,18?,19-,20-,21-,22+;9-,11?,12?,13+,14-,15?,16?,17+,18?,19-,20-;7-,8?,9?,10+,11-,12?,13?,14+,15?,16-,17-;6-,7?,8?,9+,10-,11?,12?,13+,14?,15-,16-/m1111/s1. The Morgan fingerprint density at radius 1 is 0.364 bits per heavy atom. The number of hydrogen-bond acceptors (Lipinski definition) is 43. The summed E-state index contributed by atoms with van der Waals surface area (Å²) in [6.07, 6.45) is -38.4. The lowest BCUT2D eigenvalue weighted by molar-refractivity contribution is -0.317. The quantitative estimate of drug-likeness (QED) is 0.0389. The van der Waals surface area contributed by atoms with Gasteiger partial charge < -0.3 is 222 Å². The maximum Gasteiger partial charge on any atom is 0.187 e. The Hall–Kier alpha value is -2.50. The van der Waals surface area contributed by atoms with E-state index < -0.39 is 275 Å². The Kier molecular flexibility index (Phi) is 40.7. The molecule has 0 amide bonds. The highest BCUT2D eigenvalue weighted by Crippen LogP contribution is 2.39. The van der Waals surface area contributed by atoms with Crippen molar-refractivity contribution in [3.63, 3.8) is 0 Å². The molecule has 1 aromatic rings. The predicted octanol–water partition coefficient (Wildman–Crippen LogP) is -13.7. The minimum Gasteiger partial charge on any atom is -0.391 e. The number of nitrogens with one attached hydrogen (secondary N) is 3. The molecule has 0 radical (unpaired) electrons. The summed E-state index contributed by atoms with van der Waals surface area (Å²) in [6, 6.07) is 1.41. The van der Waals surface area contributed by atoms with Gasteiger partial charge in [0.2, 0.25) is 0 Å². The Labute approximate surface area is 687 Å². The largest absolute Gasteiger partial charge is 0.391 e. The van der Waals surface area contributed by atoms with E-state index in [-0.39, 0.29) is 24.5 Å². The molecule has 0 bridgehead atoms. The van der Waals surface area contributed by atoms with E-state index in [4.69, 9.17) is 99.0 Å². The second-order valence-electron chi connectivity index (χ2n) is 33.7. The summed E-state index contributed by atoms with van der Waals surface area (Å²) in [5, 5.41) is 224. The summed E-state index contributed by atoms with van der Waals surface area (Å²) in [6.45, 7) is 15.5. The third-order valence-electron chi connectivity index (χ3n) is 23.7. The van der Waals surface area contributed by atoms with Crippen molar-refractivity contribution >= 4 is 0 Å². The molecule has 5 aliphatic heterocycles. The average Bonchev–Trinajstić information content (AvgIpc) is 1.31. The number of aliphatic hydroxyl groups excluding tert-OH is 21. The fourth-order valence-electron chi connectivity index (χ4n) is 16.4. The van der Waals surface area contributed by atoms with Crippen LogP contribution in [0.2, 0.25) is 0 Å². The summed E-state index contributed by atoms with van der Waals surface area (Å²) in [5.74, 6) is 0.153. The van der Waals surface area contributed by atoms with Gasteiger partial charge in [0.05, 0.1) is 73.0 Å². The van der Waals surface area contributed by atoms with Gasteiger partial charge in [0.25, 0.3) is 0 Å². The molecule has 48 atom stereocenters. The second kappa shape index (κ2) is 46.8. The van der Waals surface area contributed by atoms with E-state index in [1.807, 2.05) is 58.0 Å². The molecule has 4 aliphatic carbocycles. The highest BCUT2D eigenvalue weighted by atomic mass is 16.7. The number of aliphatic hydroxyl groups is 21. The van der Waals surface area contributed by atoms with Crippen molar-refractivity contribution in [3.05, 3.63) is 35.9 Å². The highest BCUT2D eigenvalue weighted by Gasteiger charge is 2.57. The zero-order chi connectivity index (χ0) is 88.1. The SMILES string of the molecule is CC(C)CNC1CC(N)[C@@H](O[C@H]2OC([C@@H](C)O)[C@@H](O)C(O)[C@@H]2N)C(O)[C@@H]1O.CCCC[C@@H]1CC(N)[C@@H](O[C@H]2OC([C@@H](C)O)[C@@H](O)[C@H](O)C2N)[C@H](O[C@@H]2O[C@H](CN)[C@H](O)C2O)C1O.CCCNC1CC(N)[C@@H](O[C@H]2OC([C@@H](C)O)[C@@H](O)C(O)[C@@H]2N)C(O)[C@@H]1O.C[C@@H](O)C1O[C@H](O[C@@H]2C(N)CC(NCc3ccccc3)[C@@H](O)C2O)[C@@H](N)C(O)[C@@H]1O. The van der Waals surface area contributed by atoms with E-state index in [1.165, 1.54) is 27.7 Å². The summed E-state index contributed by atoms with van der Waals surface area (Å²) < 4.78 is 57.0. The van der Waals surface area contributed by atoms with Crippen LogP contribution in [0.3, 0.4) is 0 Å². The van der Waals surface area contributed by atoms with Crippen LogP contribution in [0, 0.1) is 11.8 Å². The monoisotopic (exact) mass is 1710 g/mol. The van der Waals surface area contributed by atoms with Gasteiger partial charge in [0, 0.05) is 55.4 Å². The molecular formula is C75H144N12O31. The van der Waals surface area contributed by atoms with Crippen LogP contribution in [-0.4, -0.2) is 414 Å². The first-order chi connectivity index (χ1) is 55.4. The maximum absolute atomic E-state index is 11.2. The lowest BCUT2D eigenvalue weighted by Gasteiger charge is -2.48. The number of ether oxygens (including phenoxy) is 10. The predicted molar refractivity (Wildman–Crippen MR) is 417 cm³/mol. The van der Waals surface area contributed by atoms with Crippen molar-refractivity contribution in [1.29, 1.82) is 0 Å². The topological polar surface area (TPSA) is 787 Å². The van der Waals surface area contributed by atoms with Gasteiger partial charge in [-0.2, -0.15) is 0 Å². The molecule has 43 nitrogen and oxygen atoms in total. The zero-order valence-electron chi connectivity index (χ0n) is 68.3. The first-order valence-corrected chi connectivity index (χ1v) is 41.3. The molecule has 5 saturated heterocycles. The molecular weight excluding hydrogens is 1560 g/mol. The number of benzene rings is 1. The van der Waals surface area contributed by atoms with Gasteiger partial charge in [0.15, 0.2) is 31.5 Å². The van der Waals surface area contributed by atoms with Gasteiger partial charge in [0.1, 0.15) is 140 Å². The molecule has 43 heteroatoms. The fourth-order valence-corrected chi connectivity index (χ4v) is 16.4. The van der Waals surface area contributed by atoms with Gasteiger partial charge in [-0.1, -0.05) is 70.9 Å². The van der Waals surface area contributed by atoms with Gasteiger partial charge in [-0.15, -0.1) is 0 Å². The average molecular weight is 1710 g/mol. The van der Waals surface area contributed by atoms with Crippen molar-refractivity contribution in [2.45, 2.75) is 400 Å². The van der Waals surface area contributed by atoms with Crippen molar-refractivity contribution in [2.75, 3.05) is 19.6 Å². The van der Waals surface area contributed by atoms with Crippen LogP contribution in [0.15, 0.2) is 30.3 Å². The Morgan fingerprint density at radius 3 is 1.03 bits per heavy atom. The van der Waals surface area contributed by atoms with Crippen LogP contribution in [-0.2, 0) is 53.9 Å². The van der Waals surface area contributed by atoms with Gasteiger partial charge in [-0.05, 0) is 96.7 Å². The molecule has 0 aromatic heterocycles. The molecule has 0 spiro atoms. The highest BCUT2D eigenvalue weighted by molar-refractivity contribution is 5.15. The maximum atomic E-state index is 11.2. The third kappa shape index (κ3) is 25.5. The van der Waals surface area contributed by atoms with Crippen molar-refractivity contribution in [3.8, 4) is 0 Å². The molecule has 20 unspecified atom stereocenters. The van der Waals surface area contributed by atoms with Crippen molar-refractivity contribution < 1.29 is 155 Å². The summed E-state index contributed by atoms with van der Waals surface area (Å²) in [5.41, 5.74) is 55.3. The van der Waals surface area contributed by atoms with Gasteiger partial charge in [-0.25, -0.2) is 0 Å². The van der Waals surface area contributed by atoms with Crippen LogP contribution in [0.4, 0.5) is 0 Å². The lowest BCUT2D eigenvalue weighted by Crippen LogP contribution is -2.68. The summed E-state index contributed by atoms with van der Waals surface area (Å²) in [7, 11) is 0. The molecule has 118 heavy (non-hydrogen) atoms. The van der Waals surface area contributed by atoms with E-state index in [9.17, 15) is 107 Å². The molecule has 690 valence electrons.